The van der Waals surface area contributed by atoms with E-state index < -0.39 is 0 Å². The molecule has 0 aliphatic carbocycles. The summed E-state index contributed by atoms with van der Waals surface area (Å²) in [5, 5.41) is 0. The Bertz CT molecular complexity index is 74.6. The molecule has 1 unspecified atom stereocenters. The maximum Gasteiger partial charge on any atom is -0.0294 e. The first-order valence-electron chi connectivity index (χ1n) is 3.65. The third-order valence-electron chi connectivity index (χ3n) is 2.20. The van der Waals surface area contributed by atoms with Crippen molar-refractivity contribution in [3.63, 3.8) is 0 Å². The summed E-state index contributed by atoms with van der Waals surface area (Å²) in [5.41, 5.74) is 0.563. The first kappa shape index (κ1) is 9.43. The highest BCUT2D eigenvalue weighted by Gasteiger charge is 2.20. The Balaban J connectivity index is 3.70. The highest BCUT2D eigenvalue weighted by molar-refractivity contribution is 7.37. The molecule has 0 saturated heterocycles. The molecule has 0 aliphatic rings. The van der Waals surface area contributed by atoms with E-state index in [1.807, 2.05) is 0 Å². The summed E-state index contributed by atoms with van der Waals surface area (Å²) < 4.78 is 0. The van der Waals surface area contributed by atoms with Crippen LogP contribution >= 0.6 is 8.58 Å². The second-order valence-corrected chi connectivity index (χ2v) is 4.73. The first-order chi connectivity index (χ1) is 4.00. The molecule has 0 amide bonds. The van der Waals surface area contributed by atoms with Crippen molar-refractivity contribution < 1.29 is 0 Å². The molecule has 0 aromatic heterocycles. The smallest absolute Gasteiger partial charge is 0.0294 e. The summed E-state index contributed by atoms with van der Waals surface area (Å²) in [6, 6.07) is 0. The Morgan fingerprint density at radius 2 is 1.78 bits per heavy atom. The van der Waals surface area contributed by atoms with Crippen LogP contribution in [0.3, 0.4) is 0 Å². The molecule has 0 spiro atoms. The van der Waals surface area contributed by atoms with E-state index in [1.165, 1.54) is 6.16 Å². The molecule has 0 rings (SSSR count). The first-order valence-corrected chi connectivity index (χ1v) is 5.36. The number of hydrogen-bond acceptors (Lipinski definition) is 0. The maximum absolute atomic E-state index is 2.36. The molecular formula is C8H19P. The average Bonchev–Trinajstić information content (AvgIpc) is 1.65. The highest BCUT2D eigenvalue weighted by Crippen LogP contribution is 2.31. The van der Waals surface area contributed by atoms with Crippen molar-refractivity contribution in [3.8, 4) is 0 Å². The van der Waals surface area contributed by atoms with E-state index in [-0.39, 0.29) is 0 Å². The zero-order chi connectivity index (χ0) is 7.49. The van der Waals surface area contributed by atoms with Crippen LogP contribution in [-0.4, -0.2) is 12.8 Å². The van der Waals surface area contributed by atoms with Gasteiger partial charge in [0.1, 0.15) is 0 Å². The largest absolute Gasteiger partial charge is 0.125 e. The van der Waals surface area contributed by atoms with Gasteiger partial charge in [0.15, 0.2) is 0 Å². The lowest BCUT2D eigenvalue weighted by Gasteiger charge is -2.28. The summed E-state index contributed by atoms with van der Waals surface area (Å²) in [5.74, 6) is 0.824. The lowest BCUT2D eigenvalue weighted by molar-refractivity contribution is 0.290. The summed E-state index contributed by atoms with van der Waals surface area (Å²) in [7, 11) is 1.10. The molecule has 56 valence electrons. The van der Waals surface area contributed by atoms with Crippen molar-refractivity contribution in [1.82, 2.24) is 0 Å². The van der Waals surface area contributed by atoms with Crippen molar-refractivity contribution in [3.05, 3.63) is 0 Å². The van der Waals surface area contributed by atoms with E-state index in [1.54, 1.807) is 0 Å². The van der Waals surface area contributed by atoms with Crippen molar-refractivity contribution >= 4 is 8.58 Å². The molecule has 0 nitrogen and oxygen atoms in total. The van der Waals surface area contributed by atoms with Gasteiger partial charge in [0.25, 0.3) is 0 Å². The predicted molar refractivity (Wildman–Crippen MR) is 47.7 cm³/mol. The minimum absolute atomic E-state index is 0.563. The summed E-state index contributed by atoms with van der Waals surface area (Å²) in [6.45, 7) is 11.6. The fourth-order valence-electron chi connectivity index (χ4n) is 0.660. The fourth-order valence-corrected chi connectivity index (χ4v) is 1.98. The van der Waals surface area contributed by atoms with E-state index in [9.17, 15) is 0 Å². The monoisotopic (exact) mass is 146 g/mol. The highest BCUT2D eigenvalue weighted by atomic mass is 31.1. The van der Waals surface area contributed by atoms with Gasteiger partial charge < -0.3 is 0 Å². The van der Waals surface area contributed by atoms with Gasteiger partial charge in [0.05, 0.1) is 0 Å². The standard InChI is InChI=1S/C8H19P/c1-7(2)8(3,4)6-9-5/h7,9H,6H2,1-5H3. The molecule has 1 atom stereocenters. The van der Waals surface area contributed by atoms with Crippen molar-refractivity contribution in [2.75, 3.05) is 12.8 Å². The third-order valence-corrected chi connectivity index (χ3v) is 3.46. The SMILES string of the molecule is CPCC(C)(C)C(C)C. The second kappa shape index (κ2) is 3.56. The minimum Gasteiger partial charge on any atom is -0.125 e. The van der Waals surface area contributed by atoms with E-state index >= 15 is 0 Å². The fraction of sp³-hybridized carbons (Fsp3) is 1.00. The predicted octanol–water partition coefficient (Wildman–Crippen LogP) is 2.98. The van der Waals surface area contributed by atoms with Gasteiger partial charge >= 0.3 is 0 Å². The second-order valence-electron chi connectivity index (χ2n) is 3.67. The van der Waals surface area contributed by atoms with Crippen LogP contribution in [-0.2, 0) is 0 Å². The van der Waals surface area contributed by atoms with Crippen molar-refractivity contribution in [2.24, 2.45) is 11.3 Å². The average molecular weight is 146 g/mol. The van der Waals surface area contributed by atoms with Gasteiger partial charge in [-0.05, 0) is 24.2 Å². The van der Waals surface area contributed by atoms with Gasteiger partial charge in [0, 0.05) is 0 Å². The molecule has 1 heteroatoms. The zero-order valence-electron chi connectivity index (χ0n) is 7.28. The van der Waals surface area contributed by atoms with E-state index in [4.69, 9.17) is 0 Å². The van der Waals surface area contributed by atoms with Gasteiger partial charge in [-0.1, -0.05) is 27.7 Å². The molecule has 0 aromatic carbocycles. The van der Waals surface area contributed by atoms with Gasteiger partial charge in [-0.3, -0.25) is 0 Å². The molecule has 0 heterocycles. The number of hydrogen-bond donors (Lipinski definition) is 0. The van der Waals surface area contributed by atoms with Gasteiger partial charge in [0.2, 0.25) is 0 Å². The lowest BCUT2D eigenvalue weighted by atomic mass is 9.83. The molecule has 0 aromatic rings. The van der Waals surface area contributed by atoms with Gasteiger partial charge in [-0.15, -0.1) is 8.58 Å². The molecule has 0 fully saturated rings. The van der Waals surface area contributed by atoms with Crippen LogP contribution in [0.4, 0.5) is 0 Å². The van der Waals surface area contributed by atoms with E-state index in [0.717, 1.165) is 14.5 Å². The van der Waals surface area contributed by atoms with Crippen LogP contribution < -0.4 is 0 Å². The van der Waals surface area contributed by atoms with Crippen LogP contribution in [0.5, 0.6) is 0 Å². The molecule has 9 heavy (non-hydrogen) atoms. The number of rotatable bonds is 3. The molecule has 0 saturated carbocycles. The topological polar surface area (TPSA) is 0 Å². The van der Waals surface area contributed by atoms with Crippen molar-refractivity contribution in [1.29, 1.82) is 0 Å². The van der Waals surface area contributed by atoms with Crippen molar-refractivity contribution in [2.45, 2.75) is 27.7 Å². The quantitative estimate of drug-likeness (QED) is 0.537. The molecule has 0 N–H and O–H groups in total. The van der Waals surface area contributed by atoms with E-state index in [0.29, 0.717) is 5.41 Å². The van der Waals surface area contributed by atoms with Gasteiger partial charge in [-0.25, -0.2) is 0 Å². The Labute approximate surface area is 61.2 Å². The Hall–Kier alpha value is 0.430. The molecule has 0 bridgehead atoms. The summed E-state index contributed by atoms with van der Waals surface area (Å²) in [4.78, 5) is 0. The van der Waals surface area contributed by atoms with Crippen LogP contribution in [0, 0.1) is 11.3 Å². The molecular weight excluding hydrogens is 127 g/mol. The van der Waals surface area contributed by atoms with Crippen LogP contribution in [0.2, 0.25) is 0 Å². The lowest BCUT2D eigenvalue weighted by Crippen LogP contribution is -2.21. The van der Waals surface area contributed by atoms with Gasteiger partial charge in [-0.2, -0.15) is 0 Å². The Kier molecular flexibility index (Phi) is 3.73. The third kappa shape index (κ3) is 3.20. The van der Waals surface area contributed by atoms with Crippen LogP contribution in [0.1, 0.15) is 27.7 Å². The van der Waals surface area contributed by atoms with Crippen LogP contribution in [0.15, 0.2) is 0 Å². The Morgan fingerprint density at radius 1 is 1.33 bits per heavy atom. The van der Waals surface area contributed by atoms with Crippen LogP contribution in [0.25, 0.3) is 0 Å². The maximum atomic E-state index is 2.36. The normalized spacial score (nSPS) is 14.0. The summed E-state index contributed by atoms with van der Waals surface area (Å²) in [6.07, 6.45) is 1.38. The van der Waals surface area contributed by atoms with E-state index in [2.05, 4.69) is 34.4 Å². The summed E-state index contributed by atoms with van der Waals surface area (Å²) >= 11 is 0. The Morgan fingerprint density at radius 3 is 1.89 bits per heavy atom. The molecule has 0 aliphatic heterocycles. The zero-order valence-corrected chi connectivity index (χ0v) is 8.28. The minimum atomic E-state index is 0.563. The molecule has 0 radical (unpaired) electrons.